The highest BCUT2D eigenvalue weighted by atomic mass is 35.5. The summed E-state index contributed by atoms with van der Waals surface area (Å²) >= 11 is 6.40. The third kappa shape index (κ3) is 3.21. The summed E-state index contributed by atoms with van der Waals surface area (Å²) in [7, 11) is -2.40. The van der Waals surface area contributed by atoms with Crippen molar-refractivity contribution < 1.29 is 21.9 Å². The third-order valence-electron chi connectivity index (χ3n) is 4.60. The second kappa shape index (κ2) is 6.94. The quantitative estimate of drug-likeness (QED) is 0.511. The van der Waals surface area contributed by atoms with Crippen LogP contribution in [0.4, 0.5) is 8.78 Å². The van der Waals surface area contributed by atoms with Crippen molar-refractivity contribution in [3.63, 3.8) is 0 Å². The third-order valence-corrected chi connectivity index (χ3v) is 5.92. The van der Waals surface area contributed by atoms with Gasteiger partial charge in [0.25, 0.3) is 6.43 Å². The van der Waals surface area contributed by atoms with E-state index in [1.54, 1.807) is 18.2 Å². The van der Waals surface area contributed by atoms with Crippen molar-refractivity contribution in [2.24, 2.45) is 5.14 Å². The summed E-state index contributed by atoms with van der Waals surface area (Å²) in [6, 6.07) is 12.0. The molecule has 1 aromatic heterocycles. The first-order valence-corrected chi connectivity index (χ1v) is 10.2. The molecule has 0 radical (unpaired) electrons. The molecule has 0 atom stereocenters. The lowest BCUT2D eigenvalue weighted by Gasteiger charge is -2.10. The number of sulfonamides is 1. The second-order valence-electron chi connectivity index (χ2n) is 6.28. The number of primary sulfonamides is 1. The number of nitrogens with two attached hydrogens (primary N) is 1. The monoisotopic (exact) mass is 437 g/mol. The van der Waals surface area contributed by atoms with E-state index in [-0.39, 0.29) is 16.0 Å². The van der Waals surface area contributed by atoms with E-state index in [0.717, 1.165) is 0 Å². The normalized spacial score (nSPS) is 12.2. The molecule has 2 N–H and O–H groups in total. The van der Waals surface area contributed by atoms with Crippen LogP contribution in [-0.2, 0) is 10.0 Å². The van der Waals surface area contributed by atoms with Gasteiger partial charge in [0.1, 0.15) is 11.4 Å². The Hall–Kier alpha value is -2.75. The van der Waals surface area contributed by atoms with Crippen LogP contribution < -0.4 is 9.88 Å². The van der Waals surface area contributed by atoms with E-state index in [0.29, 0.717) is 32.7 Å². The molecule has 0 aliphatic carbocycles. The summed E-state index contributed by atoms with van der Waals surface area (Å²) < 4.78 is 56.8. The van der Waals surface area contributed by atoms with Crippen molar-refractivity contribution in [3.8, 4) is 11.4 Å². The van der Waals surface area contributed by atoms with Crippen LogP contribution in [0.2, 0.25) is 5.02 Å². The maximum atomic E-state index is 13.6. The van der Waals surface area contributed by atoms with Crippen LogP contribution in [0.5, 0.6) is 5.75 Å². The Morgan fingerprint density at radius 1 is 1.03 bits per heavy atom. The summed E-state index contributed by atoms with van der Waals surface area (Å²) in [6.45, 7) is 0. The number of benzene rings is 3. The fourth-order valence-corrected chi connectivity index (χ4v) is 4.08. The first-order chi connectivity index (χ1) is 13.7. The molecule has 1 heterocycles. The minimum Gasteiger partial charge on any atom is -0.495 e. The molecule has 0 aliphatic heterocycles. The van der Waals surface area contributed by atoms with Crippen LogP contribution in [0.3, 0.4) is 0 Å². The van der Waals surface area contributed by atoms with E-state index < -0.39 is 16.4 Å². The number of ether oxygens (including phenoxy) is 1. The smallest absolute Gasteiger partial charge is 0.282 e. The van der Waals surface area contributed by atoms with Gasteiger partial charge in [-0.2, -0.15) is 5.10 Å². The lowest BCUT2D eigenvalue weighted by Crippen LogP contribution is -2.12. The summed E-state index contributed by atoms with van der Waals surface area (Å²) in [5.41, 5.74) is 0.434. The second-order valence-corrected chi connectivity index (χ2v) is 8.21. The van der Waals surface area contributed by atoms with Crippen molar-refractivity contribution in [1.82, 2.24) is 9.78 Å². The molecule has 0 spiro atoms. The summed E-state index contributed by atoms with van der Waals surface area (Å²) in [5, 5.41) is 11.0. The number of halogens is 3. The zero-order valence-electron chi connectivity index (χ0n) is 14.9. The van der Waals surface area contributed by atoms with E-state index in [9.17, 15) is 17.2 Å². The minimum absolute atomic E-state index is 0.0931. The molecule has 10 heteroatoms. The lowest BCUT2D eigenvalue weighted by molar-refractivity contribution is 0.147. The molecular formula is C19H14ClF2N3O3S. The largest absolute Gasteiger partial charge is 0.495 e. The van der Waals surface area contributed by atoms with Crippen molar-refractivity contribution in [1.29, 1.82) is 0 Å². The van der Waals surface area contributed by atoms with Crippen LogP contribution in [0.25, 0.3) is 27.4 Å². The molecule has 0 amide bonds. The molecule has 4 aromatic rings. The predicted octanol–water partition coefficient (Wildman–Crippen LogP) is 4.43. The Labute approximate surface area is 169 Å². The Kier molecular flexibility index (Phi) is 4.68. The number of hydrogen-bond acceptors (Lipinski definition) is 4. The molecule has 0 saturated carbocycles. The van der Waals surface area contributed by atoms with E-state index in [1.165, 1.54) is 42.1 Å². The zero-order valence-corrected chi connectivity index (χ0v) is 16.5. The molecule has 0 saturated heterocycles. The molecule has 4 rings (SSSR count). The highest BCUT2D eigenvalue weighted by Gasteiger charge is 2.22. The van der Waals surface area contributed by atoms with Gasteiger partial charge < -0.3 is 4.74 Å². The molecule has 6 nitrogen and oxygen atoms in total. The number of nitrogens with zero attached hydrogens (tertiary/aromatic N) is 2. The van der Waals surface area contributed by atoms with Gasteiger partial charge in [-0.25, -0.2) is 27.0 Å². The number of alkyl halides is 2. The van der Waals surface area contributed by atoms with Crippen molar-refractivity contribution in [3.05, 3.63) is 59.2 Å². The SMILES string of the molecule is COc1ccc2c(ccc3c(C(F)F)nn(-c4ccc(S(N)(=O)=O)cc4)c32)c1Cl. The highest BCUT2D eigenvalue weighted by Crippen LogP contribution is 2.39. The molecular weight excluding hydrogens is 424 g/mol. The Morgan fingerprint density at radius 2 is 1.66 bits per heavy atom. The fourth-order valence-electron chi connectivity index (χ4n) is 3.26. The molecule has 150 valence electrons. The number of methoxy groups -OCH3 is 1. The number of rotatable bonds is 4. The summed E-state index contributed by atoms with van der Waals surface area (Å²) in [5.74, 6) is 0.455. The van der Waals surface area contributed by atoms with Crippen LogP contribution in [-0.4, -0.2) is 25.3 Å². The number of aromatic nitrogens is 2. The van der Waals surface area contributed by atoms with Crippen molar-refractivity contribution >= 4 is 43.3 Å². The molecule has 3 aromatic carbocycles. The fraction of sp³-hybridized carbons (Fsp3) is 0.105. The highest BCUT2D eigenvalue weighted by molar-refractivity contribution is 7.89. The first kappa shape index (κ1) is 19.6. The summed E-state index contributed by atoms with van der Waals surface area (Å²) in [4.78, 5) is -0.0931. The molecule has 0 unspecified atom stereocenters. The van der Waals surface area contributed by atoms with E-state index in [2.05, 4.69) is 5.10 Å². The van der Waals surface area contributed by atoms with Gasteiger partial charge in [0.2, 0.25) is 10.0 Å². The van der Waals surface area contributed by atoms with Crippen molar-refractivity contribution in [2.45, 2.75) is 11.3 Å². The van der Waals surface area contributed by atoms with Crippen LogP contribution in [0, 0.1) is 0 Å². The van der Waals surface area contributed by atoms with Crippen LogP contribution >= 0.6 is 11.6 Å². The molecule has 0 aliphatic rings. The average Bonchev–Trinajstić information content (AvgIpc) is 3.08. The Bertz CT molecular complexity index is 1350. The van der Waals surface area contributed by atoms with Gasteiger partial charge in [-0.15, -0.1) is 0 Å². The topological polar surface area (TPSA) is 87.2 Å². The van der Waals surface area contributed by atoms with Crippen LogP contribution in [0.15, 0.2) is 53.4 Å². The van der Waals surface area contributed by atoms with E-state index in [1.807, 2.05) is 0 Å². The number of fused-ring (bicyclic) bond motifs is 3. The molecule has 0 fully saturated rings. The average molecular weight is 438 g/mol. The van der Waals surface area contributed by atoms with Gasteiger partial charge in [0.05, 0.1) is 28.2 Å². The van der Waals surface area contributed by atoms with Gasteiger partial charge in [-0.3, -0.25) is 0 Å². The zero-order chi connectivity index (χ0) is 20.9. The molecule has 0 bridgehead atoms. The minimum atomic E-state index is -3.88. The van der Waals surface area contributed by atoms with Gasteiger partial charge in [-0.1, -0.05) is 17.7 Å². The summed E-state index contributed by atoms with van der Waals surface area (Å²) in [6.07, 6.45) is -2.80. The predicted molar refractivity (Wildman–Crippen MR) is 106 cm³/mol. The maximum Gasteiger partial charge on any atom is 0.282 e. The Morgan fingerprint density at radius 3 is 2.24 bits per heavy atom. The van der Waals surface area contributed by atoms with Crippen molar-refractivity contribution in [2.75, 3.05) is 7.11 Å². The van der Waals surface area contributed by atoms with Crippen LogP contribution in [0.1, 0.15) is 12.1 Å². The Balaban J connectivity index is 2.06. The first-order valence-electron chi connectivity index (χ1n) is 8.31. The van der Waals surface area contributed by atoms with E-state index >= 15 is 0 Å². The van der Waals surface area contributed by atoms with E-state index in [4.69, 9.17) is 21.5 Å². The van der Waals surface area contributed by atoms with Gasteiger partial charge in [-0.05, 0) is 42.5 Å². The van der Waals surface area contributed by atoms with Gasteiger partial charge in [0.15, 0.2) is 0 Å². The standard InChI is InChI=1S/C19H14ClF2N3O3S/c1-28-15-9-8-13-12(16(15)20)6-7-14-17(19(21)22)24-25(18(13)14)10-2-4-11(5-3-10)29(23,26)27/h2-9,19H,1H3,(H2,23,26,27). The number of hydrogen-bond donors (Lipinski definition) is 1. The van der Waals surface area contributed by atoms with Gasteiger partial charge in [0, 0.05) is 16.2 Å². The lowest BCUT2D eigenvalue weighted by atomic mass is 10.1. The maximum absolute atomic E-state index is 13.6. The molecule has 29 heavy (non-hydrogen) atoms. The van der Waals surface area contributed by atoms with Gasteiger partial charge >= 0.3 is 0 Å².